The molecule has 0 unspecified atom stereocenters. The lowest BCUT2D eigenvalue weighted by atomic mass is 9.93. The number of nitriles is 1. The van der Waals surface area contributed by atoms with E-state index in [9.17, 15) is 19.2 Å². The maximum atomic E-state index is 13.8. The van der Waals surface area contributed by atoms with Gasteiger partial charge in [-0.05, 0) is 91.4 Å². The van der Waals surface area contributed by atoms with Gasteiger partial charge in [0.2, 0.25) is 0 Å². The van der Waals surface area contributed by atoms with Gasteiger partial charge in [0.1, 0.15) is 23.2 Å². The SMILES string of the molecule is CC1=C(C#N)C(=O)N(Cc2ccc(F)cc2)C(=O)/C1=C/c1cn(-c2ccccc2)nc1-c1ccc(OCCC(C)C)c(C)c1. The van der Waals surface area contributed by atoms with Crippen molar-refractivity contribution >= 4 is 17.9 Å². The monoisotopic (exact) mass is 588 g/mol. The van der Waals surface area contributed by atoms with Crippen LogP contribution in [0.1, 0.15) is 43.9 Å². The Balaban J connectivity index is 1.59. The summed E-state index contributed by atoms with van der Waals surface area (Å²) in [7, 11) is 0. The van der Waals surface area contributed by atoms with Crippen LogP contribution in [0.3, 0.4) is 0 Å². The summed E-state index contributed by atoms with van der Waals surface area (Å²) < 4.78 is 21.3. The third-order valence-electron chi connectivity index (χ3n) is 7.54. The van der Waals surface area contributed by atoms with E-state index in [0.717, 1.165) is 33.9 Å². The number of para-hydroxylation sites is 1. The van der Waals surface area contributed by atoms with E-state index in [1.165, 1.54) is 24.3 Å². The molecule has 8 heteroatoms. The molecule has 2 heterocycles. The topological polar surface area (TPSA) is 88.2 Å². The van der Waals surface area contributed by atoms with Crippen LogP contribution in [0.15, 0.2) is 95.7 Å². The summed E-state index contributed by atoms with van der Waals surface area (Å²) in [4.78, 5) is 28.1. The minimum absolute atomic E-state index is 0.0959. The molecule has 0 saturated heterocycles. The first-order valence-corrected chi connectivity index (χ1v) is 14.5. The summed E-state index contributed by atoms with van der Waals surface area (Å²) in [5, 5.41) is 14.8. The fourth-order valence-electron chi connectivity index (χ4n) is 4.99. The molecule has 0 aliphatic carbocycles. The quantitative estimate of drug-likeness (QED) is 0.152. The number of ether oxygens (including phenoxy) is 1. The van der Waals surface area contributed by atoms with Crippen LogP contribution in [-0.2, 0) is 16.1 Å². The van der Waals surface area contributed by atoms with Crippen molar-refractivity contribution in [3.05, 3.63) is 118 Å². The number of carbonyl (C=O) groups excluding carboxylic acids is 2. The van der Waals surface area contributed by atoms with E-state index in [2.05, 4.69) is 13.8 Å². The number of aromatic nitrogens is 2. The molecule has 1 aliphatic rings. The van der Waals surface area contributed by atoms with E-state index < -0.39 is 17.6 Å². The average molecular weight is 589 g/mol. The third kappa shape index (κ3) is 6.37. The lowest BCUT2D eigenvalue weighted by Gasteiger charge is -2.27. The van der Waals surface area contributed by atoms with Gasteiger partial charge in [-0.15, -0.1) is 0 Å². The summed E-state index contributed by atoms with van der Waals surface area (Å²) in [6.45, 7) is 8.43. The molecule has 2 amide bonds. The second kappa shape index (κ2) is 12.9. The van der Waals surface area contributed by atoms with Gasteiger partial charge in [0, 0.05) is 22.9 Å². The maximum Gasteiger partial charge on any atom is 0.271 e. The lowest BCUT2D eigenvalue weighted by Crippen LogP contribution is -2.42. The molecule has 0 spiro atoms. The number of amides is 2. The summed E-state index contributed by atoms with van der Waals surface area (Å²) in [5.74, 6) is -0.311. The molecular weight excluding hydrogens is 555 g/mol. The molecule has 7 nitrogen and oxygen atoms in total. The zero-order valence-corrected chi connectivity index (χ0v) is 25.2. The number of carbonyl (C=O) groups is 2. The highest BCUT2D eigenvalue weighted by Gasteiger charge is 2.35. The predicted molar refractivity (Wildman–Crippen MR) is 167 cm³/mol. The first kappa shape index (κ1) is 30.2. The molecule has 0 N–H and O–H groups in total. The molecule has 0 bridgehead atoms. The maximum absolute atomic E-state index is 13.8. The fourth-order valence-corrected chi connectivity index (χ4v) is 4.99. The van der Waals surface area contributed by atoms with Crippen molar-refractivity contribution in [1.29, 1.82) is 5.26 Å². The van der Waals surface area contributed by atoms with E-state index >= 15 is 0 Å². The largest absolute Gasteiger partial charge is 0.493 e. The van der Waals surface area contributed by atoms with Gasteiger partial charge < -0.3 is 4.74 Å². The number of halogens is 1. The third-order valence-corrected chi connectivity index (χ3v) is 7.54. The van der Waals surface area contributed by atoms with Crippen LogP contribution in [0.4, 0.5) is 4.39 Å². The fraction of sp³-hybridized carbons (Fsp3) is 0.222. The van der Waals surface area contributed by atoms with E-state index in [1.54, 1.807) is 17.7 Å². The normalized spacial score (nSPS) is 14.5. The predicted octanol–water partition coefficient (Wildman–Crippen LogP) is 7.20. The van der Waals surface area contributed by atoms with Crippen molar-refractivity contribution in [2.45, 2.75) is 40.7 Å². The van der Waals surface area contributed by atoms with Gasteiger partial charge >= 0.3 is 0 Å². The highest BCUT2D eigenvalue weighted by atomic mass is 19.1. The second-order valence-electron chi connectivity index (χ2n) is 11.2. The van der Waals surface area contributed by atoms with E-state index in [0.29, 0.717) is 34.9 Å². The molecule has 44 heavy (non-hydrogen) atoms. The van der Waals surface area contributed by atoms with Crippen LogP contribution >= 0.6 is 0 Å². The molecular formula is C36H33FN4O3. The van der Waals surface area contributed by atoms with Crippen LogP contribution < -0.4 is 4.74 Å². The Kier molecular flexibility index (Phi) is 8.86. The standard InChI is InChI=1S/C36H33FN4O3/c1-23(2)16-17-44-33-15-12-27(18-24(33)3)34-28(22-41(39-34)30-8-6-5-7-9-30)19-31-25(4)32(20-38)36(43)40(35(31)42)21-26-10-13-29(37)14-11-26/h5-15,18-19,22-23H,16-17,21H2,1-4H3/b31-19+. The average Bonchev–Trinajstić information content (AvgIpc) is 3.44. The number of hydrogen-bond donors (Lipinski definition) is 0. The highest BCUT2D eigenvalue weighted by molar-refractivity contribution is 6.19. The van der Waals surface area contributed by atoms with Crippen molar-refractivity contribution in [3.8, 4) is 28.8 Å². The van der Waals surface area contributed by atoms with Crippen LogP contribution in [0.25, 0.3) is 23.0 Å². The van der Waals surface area contributed by atoms with Gasteiger partial charge in [-0.3, -0.25) is 14.5 Å². The van der Waals surface area contributed by atoms with Crippen LogP contribution in [0, 0.1) is 30.0 Å². The molecule has 3 aromatic carbocycles. The number of nitrogens with zero attached hydrogens (tertiary/aromatic N) is 4. The van der Waals surface area contributed by atoms with Gasteiger partial charge in [0.25, 0.3) is 11.8 Å². The molecule has 0 saturated carbocycles. The van der Waals surface area contributed by atoms with Gasteiger partial charge in [-0.2, -0.15) is 10.4 Å². The van der Waals surface area contributed by atoms with Crippen LogP contribution in [-0.4, -0.2) is 33.1 Å². The second-order valence-corrected chi connectivity index (χ2v) is 11.2. The number of imide groups is 1. The Hall–Kier alpha value is -5.29. The Morgan fingerprint density at radius 1 is 1.00 bits per heavy atom. The van der Waals surface area contributed by atoms with Gasteiger partial charge in [-0.25, -0.2) is 9.07 Å². The summed E-state index contributed by atoms with van der Waals surface area (Å²) >= 11 is 0. The first-order valence-electron chi connectivity index (χ1n) is 14.5. The minimum Gasteiger partial charge on any atom is -0.493 e. The molecule has 222 valence electrons. The highest BCUT2D eigenvalue weighted by Crippen LogP contribution is 2.33. The molecule has 1 aromatic heterocycles. The first-order chi connectivity index (χ1) is 21.2. The molecule has 1 aliphatic heterocycles. The smallest absolute Gasteiger partial charge is 0.271 e. The Labute approximate surface area is 256 Å². The van der Waals surface area contributed by atoms with Gasteiger partial charge in [-0.1, -0.05) is 44.2 Å². The summed E-state index contributed by atoms with van der Waals surface area (Å²) in [5.41, 5.74) is 4.82. The number of rotatable bonds is 9. The summed E-state index contributed by atoms with van der Waals surface area (Å²) in [6.07, 6.45) is 4.46. The minimum atomic E-state index is -0.680. The Morgan fingerprint density at radius 3 is 2.39 bits per heavy atom. The van der Waals surface area contributed by atoms with Crippen LogP contribution in [0.2, 0.25) is 0 Å². The number of aryl methyl sites for hydroxylation is 1. The molecule has 0 radical (unpaired) electrons. The number of benzene rings is 3. The van der Waals surface area contributed by atoms with E-state index in [1.807, 2.05) is 67.7 Å². The van der Waals surface area contributed by atoms with Crippen molar-refractivity contribution in [3.63, 3.8) is 0 Å². The molecule has 0 fully saturated rings. The van der Waals surface area contributed by atoms with Crippen molar-refractivity contribution < 1.29 is 18.7 Å². The Morgan fingerprint density at radius 2 is 1.73 bits per heavy atom. The van der Waals surface area contributed by atoms with Gasteiger partial charge in [0.05, 0.1) is 24.5 Å². The zero-order valence-electron chi connectivity index (χ0n) is 25.2. The lowest BCUT2D eigenvalue weighted by molar-refractivity contribution is -0.141. The molecule has 5 rings (SSSR count). The van der Waals surface area contributed by atoms with Crippen LogP contribution in [0.5, 0.6) is 5.75 Å². The summed E-state index contributed by atoms with van der Waals surface area (Å²) in [6, 6.07) is 23.0. The molecule has 0 atom stereocenters. The van der Waals surface area contributed by atoms with Crippen molar-refractivity contribution in [2.24, 2.45) is 5.92 Å². The van der Waals surface area contributed by atoms with Crippen molar-refractivity contribution in [2.75, 3.05) is 6.61 Å². The van der Waals surface area contributed by atoms with Crippen molar-refractivity contribution in [1.82, 2.24) is 14.7 Å². The molecule has 4 aromatic rings. The zero-order chi connectivity index (χ0) is 31.4. The van der Waals surface area contributed by atoms with Gasteiger partial charge in [0.15, 0.2) is 0 Å². The van der Waals surface area contributed by atoms with E-state index in [4.69, 9.17) is 9.84 Å². The van der Waals surface area contributed by atoms with E-state index in [-0.39, 0.29) is 17.7 Å². The number of hydrogen-bond acceptors (Lipinski definition) is 5. The Bertz CT molecular complexity index is 1810.